The number of rotatable bonds is 5. The van der Waals surface area contributed by atoms with Gasteiger partial charge < -0.3 is 16.0 Å². The Morgan fingerprint density at radius 3 is 2.44 bits per heavy atom. The Kier molecular flexibility index (Phi) is 4.96. The van der Waals surface area contributed by atoms with Crippen LogP contribution in [-0.2, 0) is 0 Å². The summed E-state index contributed by atoms with van der Waals surface area (Å²) in [7, 11) is 0. The van der Waals surface area contributed by atoms with Gasteiger partial charge >= 0.3 is 0 Å². The molecular weight excluding hydrogens is 242 g/mol. The number of nitrogens with two attached hydrogens (primary N) is 1. The second-order valence-corrected chi connectivity index (χ2v) is 5.21. The van der Waals surface area contributed by atoms with E-state index in [-0.39, 0.29) is 0 Å². The highest BCUT2D eigenvalue weighted by atomic mass is 32.1. The Morgan fingerprint density at radius 2 is 1.83 bits per heavy atom. The Bertz CT molecular complexity index is 383. The molecule has 0 aromatic heterocycles. The lowest BCUT2D eigenvalue weighted by atomic mass is 10.1. The molecule has 1 fully saturated rings. The first-order chi connectivity index (χ1) is 8.75. The van der Waals surface area contributed by atoms with Crippen molar-refractivity contribution in [3.63, 3.8) is 0 Å². The molecule has 0 saturated carbocycles. The van der Waals surface area contributed by atoms with Gasteiger partial charge in [-0.15, -0.1) is 0 Å². The van der Waals surface area contributed by atoms with Crippen molar-refractivity contribution in [1.29, 1.82) is 0 Å². The van der Waals surface area contributed by atoms with Gasteiger partial charge in [-0.1, -0.05) is 18.6 Å². The van der Waals surface area contributed by atoms with Crippen molar-refractivity contribution < 1.29 is 0 Å². The van der Waals surface area contributed by atoms with Crippen LogP contribution in [0, 0.1) is 0 Å². The second kappa shape index (κ2) is 6.71. The van der Waals surface area contributed by atoms with E-state index in [0.717, 1.165) is 24.3 Å². The summed E-state index contributed by atoms with van der Waals surface area (Å²) in [6.45, 7) is 4.62. The van der Waals surface area contributed by atoms with E-state index in [1.165, 1.54) is 32.4 Å². The van der Waals surface area contributed by atoms with E-state index < -0.39 is 0 Å². The molecule has 1 heterocycles. The summed E-state index contributed by atoms with van der Waals surface area (Å²) in [6, 6.07) is 7.99. The number of nitrogens with one attached hydrogen (secondary N) is 1. The smallest absolute Gasteiger partial charge is 0.103 e. The van der Waals surface area contributed by atoms with Crippen molar-refractivity contribution in [3.05, 3.63) is 29.8 Å². The minimum absolute atomic E-state index is 0.454. The molecule has 1 saturated heterocycles. The Labute approximate surface area is 114 Å². The molecule has 0 unspecified atom stereocenters. The van der Waals surface area contributed by atoms with Gasteiger partial charge in [0.15, 0.2) is 0 Å². The average molecular weight is 263 g/mol. The predicted molar refractivity (Wildman–Crippen MR) is 81.1 cm³/mol. The third kappa shape index (κ3) is 3.96. The van der Waals surface area contributed by atoms with Gasteiger partial charge in [0.05, 0.1) is 0 Å². The Morgan fingerprint density at radius 1 is 1.17 bits per heavy atom. The molecule has 1 aromatic carbocycles. The molecule has 0 aliphatic carbocycles. The maximum absolute atomic E-state index is 5.57. The SMILES string of the molecule is NC(=S)c1ccc(NCCN2CCCCC2)cc1. The number of thiocarbonyl (C=S) groups is 1. The van der Waals surface area contributed by atoms with Gasteiger partial charge in [0.2, 0.25) is 0 Å². The summed E-state index contributed by atoms with van der Waals surface area (Å²) in [5, 5.41) is 3.43. The van der Waals surface area contributed by atoms with Crippen molar-refractivity contribution in [2.45, 2.75) is 19.3 Å². The standard InChI is InChI=1S/C14H21N3S/c15-14(18)12-4-6-13(7-5-12)16-8-11-17-9-2-1-3-10-17/h4-7,16H,1-3,8-11H2,(H2,15,18). The van der Waals surface area contributed by atoms with Gasteiger partial charge in [0.25, 0.3) is 0 Å². The minimum atomic E-state index is 0.454. The number of benzene rings is 1. The van der Waals surface area contributed by atoms with Crippen LogP contribution in [0.5, 0.6) is 0 Å². The number of likely N-dealkylation sites (tertiary alicyclic amines) is 1. The van der Waals surface area contributed by atoms with Crippen LogP contribution in [0.2, 0.25) is 0 Å². The van der Waals surface area contributed by atoms with Crippen LogP contribution in [-0.4, -0.2) is 36.1 Å². The third-order valence-corrected chi connectivity index (χ3v) is 3.61. The molecule has 18 heavy (non-hydrogen) atoms. The van der Waals surface area contributed by atoms with E-state index in [0.29, 0.717) is 4.99 Å². The molecule has 2 rings (SSSR count). The van der Waals surface area contributed by atoms with E-state index in [1.807, 2.05) is 24.3 Å². The van der Waals surface area contributed by atoms with Gasteiger partial charge in [0, 0.05) is 24.3 Å². The lowest BCUT2D eigenvalue weighted by molar-refractivity contribution is 0.237. The molecule has 0 bridgehead atoms. The lowest BCUT2D eigenvalue weighted by Gasteiger charge is -2.26. The summed E-state index contributed by atoms with van der Waals surface area (Å²) < 4.78 is 0. The zero-order valence-electron chi connectivity index (χ0n) is 10.7. The van der Waals surface area contributed by atoms with Crippen molar-refractivity contribution in [2.24, 2.45) is 5.73 Å². The summed E-state index contributed by atoms with van der Waals surface area (Å²) in [5.41, 5.74) is 7.62. The first-order valence-electron chi connectivity index (χ1n) is 6.62. The average Bonchev–Trinajstić information content (AvgIpc) is 2.40. The van der Waals surface area contributed by atoms with E-state index in [2.05, 4.69) is 10.2 Å². The molecule has 0 atom stereocenters. The fourth-order valence-corrected chi connectivity index (χ4v) is 2.43. The molecule has 0 amide bonds. The molecule has 1 aromatic rings. The predicted octanol–water partition coefficient (Wildman–Crippen LogP) is 2.22. The first kappa shape index (κ1) is 13.3. The molecule has 3 N–H and O–H groups in total. The van der Waals surface area contributed by atoms with Gasteiger partial charge in [-0.3, -0.25) is 0 Å². The van der Waals surface area contributed by atoms with Crippen LogP contribution in [0.4, 0.5) is 5.69 Å². The molecule has 1 aliphatic heterocycles. The molecule has 3 nitrogen and oxygen atoms in total. The zero-order valence-corrected chi connectivity index (χ0v) is 11.5. The molecule has 98 valence electrons. The molecule has 4 heteroatoms. The lowest BCUT2D eigenvalue weighted by Crippen LogP contribution is -2.33. The monoisotopic (exact) mass is 263 g/mol. The van der Waals surface area contributed by atoms with Gasteiger partial charge in [-0.2, -0.15) is 0 Å². The maximum atomic E-state index is 5.57. The van der Waals surface area contributed by atoms with E-state index >= 15 is 0 Å². The number of piperidine rings is 1. The summed E-state index contributed by atoms with van der Waals surface area (Å²) >= 11 is 4.93. The fourth-order valence-electron chi connectivity index (χ4n) is 2.29. The van der Waals surface area contributed by atoms with Crippen LogP contribution < -0.4 is 11.1 Å². The molecule has 0 radical (unpaired) electrons. The number of anilines is 1. The number of nitrogens with zero attached hydrogens (tertiary/aromatic N) is 1. The summed E-state index contributed by atoms with van der Waals surface area (Å²) in [6.07, 6.45) is 4.09. The van der Waals surface area contributed by atoms with Crippen LogP contribution in [0.25, 0.3) is 0 Å². The second-order valence-electron chi connectivity index (χ2n) is 4.77. The topological polar surface area (TPSA) is 41.3 Å². The third-order valence-electron chi connectivity index (χ3n) is 3.38. The van der Waals surface area contributed by atoms with Crippen molar-refractivity contribution in [2.75, 3.05) is 31.5 Å². The number of hydrogen-bond donors (Lipinski definition) is 2. The highest BCUT2D eigenvalue weighted by Crippen LogP contribution is 2.10. The van der Waals surface area contributed by atoms with Gasteiger partial charge in [-0.25, -0.2) is 0 Å². The first-order valence-corrected chi connectivity index (χ1v) is 7.02. The minimum Gasteiger partial charge on any atom is -0.389 e. The van der Waals surface area contributed by atoms with Crippen LogP contribution >= 0.6 is 12.2 Å². The highest BCUT2D eigenvalue weighted by Gasteiger charge is 2.08. The maximum Gasteiger partial charge on any atom is 0.103 e. The summed E-state index contributed by atoms with van der Waals surface area (Å²) in [5.74, 6) is 0. The number of hydrogen-bond acceptors (Lipinski definition) is 3. The highest BCUT2D eigenvalue weighted by molar-refractivity contribution is 7.80. The van der Waals surface area contributed by atoms with Crippen molar-refractivity contribution >= 4 is 22.9 Å². The van der Waals surface area contributed by atoms with Crippen molar-refractivity contribution in [3.8, 4) is 0 Å². The van der Waals surface area contributed by atoms with E-state index in [1.54, 1.807) is 0 Å². The Balaban J connectivity index is 1.74. The largest absolute Gasteiger partial charge is 0.389 e. The Hall–Kier alpha value is -1.13. The normalized spacial score (nSPS) is 16.4. The molecule has 1 aliphatic rings. The molecular formula is C14H21N3S. The quantitative estimate of drug-likeness (QED) is 0.799. The van der Waals surface area contributed by atoms with Crippen molar-refractivity contribution in [1.82, 2.24) is 4.90 Å². The fraction of sp³-hybridized carbons (Fsp3) is 0.500. The van der Waals surface area contributed by atoms with Gasteiger partial charge in [0.1, 0.15) is 4.99 Å². The van der Waals surface area contributed by atoms with E-state index in [4.69, 9.17) is 18.0 Å². The van der Waals surface area contributed by atoms with Crippen LogP contribution in [0.1, 0.15) is 24.8 Å². The zero-order chi connectivity index (χ0) is 12.8. The van der Waals surface area contributed by atoms with Crippen LogP contribution in [0.15, 0.2) is 24.3 Å². The van der Waals surface area contributed by atoms with Gasteiger partial charge in [-0.05, 0) is 50.2 Å². The molecule has 0 spiro atoms. The summed E-state index contributed by atoms with van der Waals surface area (Å²) in [4.78, 5) is 2.98. The van der Waals surface area contributed by atoms with E-state index in [9.17, 15) is 0 Å². The van der Waals surface area contributed by atoms with Crippen LogP contribution in [0.3, 0.4) is 0 Å².